The fourth-order valence-corrected chi connectivity index (χ4v) is 3.06. The highest BCUT2D eigenvalue weighted by Crippen LogP contribution is 2.41. The van der Waals surface area contributed by atoms with Gasteiger partial charge in [-0.3, -0.25) is 0 Å². The molecule has 15 heavy (non-hydrogen) atoms. The first-order valence-electron chi connectivity index (χ1n) is 5.58. The summed E-state index contributed by atoms with van der Waals surface area (Å²) in [6, 6.07) is 7.37. The van der Waals surface area contributed by atoms with E-state index in [9.17, 15) is 0 Å². The summed E-state index contributed by atoms with van der Waals surface area (Å²) in [6.45, 7) is 6.89. The molecule has 0 aliphatic carbocycles. The number of thioether (sulfide) groups is 1. The van der Waals surface area contributed by atoms with Crippen molar-refractivity contribution in [2.75, 3.05) is 11.6 Å². The zero-order chi connectivity index (χ0) is 11.0. The second-order valence-corrected chi connectivity index (χ2v) is 5.54. The first kappa shape index (κ1) is 10.9. The van der Waals surface area contributed by atoms with E-state index in [2.05, 4.69) is 50.5 Å². The van der Waals surface area contributed by atoms with Crippen LogP contribution < -0.4 is 5.32 Å². The molecule has 1 heterocycles. The Bertz CT molecular complexity index is 360. The molecule has 1 aliphatic rings. The van der Waals surface area contributed by atoms with Crippen molar-refractivity contribution in [3.63, 3.8) is 0 Å². The predicted octanol–water partition coefficient (Wildman–Crippen LogP) is 3.96. The molecule has 0 spiro atoms. The monoisotopic (exact) mass is 221 g/mol. The molecule has 1 nitrogen and oxygen atoms in total. The Kier molecular flexibility index (Phi) is 2.96. The summed E-state index contributed by atoms with van der Waals surface area (Å²) in [4.78, 5) is 1.35. The van der Waals surface area contributed by atoms with Gasteiger partial charge in [0.05, 0.1) is 0 Å². The van der Waals surface area contributed by atoms with Crippen molar-refractivity contribution in [2.24, 2.45) is 5.92 Å². The van der Waals surface area contributed by atoms with E-state index in [0.717, 1.165) is 0 Å². The lowest BCUT2D eigenvalue weighted by atomic mass is 9.86. The summed E-state index contributed by atoms with van der Waals surface area (Å²) in [7, 11) is 0. The first-order valence-corrected chi connectivity index (χ1v) is 6.80. The summed E-state index contributed by atoms with van der Waals surface area (Å²) in [5.41, 5.74) is 2.84. The molecule has 2 heteroatoms. The number of nitrogens with one attached hydrogen (secondary N) is 1. The first-order chi connectivity index (χ1) is 7.13. The molecule has 1 aromatic carbocycles. The van der Waals surface area contributed by atoms with Gasteiger partial charge in [-0.05, 0) is 36.8 Å². The van der Waals surface area contributed by atoms with Crippen molar-refractivity contribution in [3.05, 3.63) is 23.8 Å². The number of fused-ring (bicyclic) bond motifs is 1. The van der Waals surface area contributed by atoms with E-state index in [-0.39, 0.29) is 0 Å². The van der Waals surface area contributed by atoms with Crippen molar-refractivity contribution < 1.29 is 0 Å². The molecule has 0 radical (unpaired) electrons. The summed E-state index contributed by atoms with van der Waals surface area (Å²) >= 11 is 1.81. The van der Waals surface area contributed by atoms with Crippen LogP contribution in [0.15, 0.2) is 23.1 Å². The van der Waals surface area contributed by atoms with Crippen LogP contribution in [0.5, 0.6) is 0 Å². The lowest BCUT2D eigenvalue weighted by Crippen LogP contribution is -2.20. The van der Waals surface area contributed by atoms with E-state index in [4.69, 9.17) is 0 Å². The molecule has 0 saturated carbocycles. The van der Waals surface area contributed by atoms with Gasteiger partial charge in [0.25, 0.3) is 0 Å². The van der Waals surface area contributed by atoms with Crippen LogP contribution in [0, 0.1) is 5.92 Å². The van der Waals surface area contributed by atoms with Crippen LogP contribution in [0.3, 0.4) is 0 Å². The maximum absolute atomic E-state index is 3.59. The fourth-order valence-electron chi connectivity index (χ4n) is 2.62. The summed E-state index contributed by atoms with van der Waals surface area (Å²) in [6.07, 6.45) is 2.13. The largest absolute Gasteiger partial charge is 0.382 e. The van der Waals surface area contributed by atoms with E-state index < -0.39 is 0 Å². The van der Waals surface area contributed by atoms with E-state index in [0.29, 0.717) is 17.9 Å². The SMILES string of the molecule is CSc1ccc2c(c1)NC(C)C2C(C)C. The van der Waals surface area contributed by atoms with Crippen molar-refractivity contribution in [1.29, 1.82) is 0 Å². The van der Waals surface area contributed by atoms with Gasteiger partial charge in [0, 0.05) is 22.5 Å². The Balaban J connectivity index is 2.38. The van der Waals surface area contributed by atoms with E-state index in [1.807, 2.05) is 0 Å². The number of rotatable bonds is 2. The molecule has 82 valence electrons. The molecular formula is C13H19NS. The van der Waals surface area contributed by atoms with Crippen molar-refractivity contribution >= 4 is 17.4 Å². The Hall–Kier alpha value is -0.630. The average Bonchev–Trinajstić information content (AvgIpc) is 2.52. The Morgan fingerprint density at radius 2 is 2.07 bits per heavy atom. The van der Waals surface area contributed by atoms with E-state index in [1.54, 1.807) is 11.8 Å². The summed E-state index contributed by atoms with van der Waals surface area (Å²) in [5, 5.41) is 3.59. The van der Waals surface area contributed by atoms with Gasteiger partial charge in [-0.1, -0.05) is 19.9 Å². The topological polar surface area (TPSA) is 12.0 Å². The molecule has 1 N–H and O–H groups in total. The van der Waals surface area contributed by atoms with Gasteiger partial charge in [-0.2, -0.15) is 0 Å². The highest BCUT2D eigenvalue weighted by molar-refractivity contribution is 7.98. The Labute approximate surface area is 96.7 Å². The highest BCUT2D eigenvalue weighted by Gasteiger charge is 2.30. The van der Waals surface area contributed by atoms with Crippen LogP contribution in [0.2, 0.25) is 0 Å². The third kappa shape index (κ3) is 1.87. The van der Waals surface area contributed by atoms with Gasteiger partial charge >= 0.3 is 0 Å². The second-order valence-electron chi connectivity index (χ2n) is 4.66. The molecule has 2 unspecified atom stereocenters. The maximum Gasteiger partial charge on any atom is 0.0389 e. The lowest BCUT2D eigenvalue weighted by molar-refractivity contribution is 0.472. The van der Waals surface area contributed by atoms with Gasteiger partial charge in [-0.15, -0.1) is 11.8 Å². The Morgan fingerprint density at radius 3 is 2.67 bits per heavy atom. The quantitative estimate of drug-likeness (QED) is 0.759. The third-order valence-corrected chi connectivity index (χ3v) is 3.98. The molecule has 1 aromatic rings. The minimum absolute atomic E-state index is 0.567. The molecule has 0 bridgehead atoms. The molecule has 0 amide bonds. The van der Waals surface area contributed by atoms with Crippen LogP contribution in [0.4, 0.5) is 5.69 Å². The van der Waals surface area contributed by atoms with Crippen LogP contribution in [0.25, 0.3) is 0 Å². The highest BCUT2D eigenvalue weighted by atomic mass is 32.2. The molecule has 0 aromatic heterocycles. The summed E-state index contributed by atoms with van der Waals surface area (Å²) < 4.78 is 0. The van der Waals surface area contributed by atoms with Gasteiger partial charge in [0.1, 0.15) is 0 Å². The number of hydrogen-bond donors (Lipinski definition) is 1. The van der Waals surface area contributed by atoms with E-state index >= 15 is 0 Å². The van der Waals surface area contributed by atoms with Gasteiger partial charge in [0.2, 0.25) is 0 Å². The molecule has 0 fully saturated rings. The minimum atomic E-state index is 0.567. The van der Waals surface area contributed by atoms with Crippen LogP contribution in [-0.2, 0) is 0 Å². The second kappa shape index (κ2) is 4.09. The van der Waals surface area contributed by atoms with Crippen molar-refractivity contribution in [1.82, 2.24) is 0 Å². The smallest absolute Gasteiger partial charge is 0.0389 e. The maximum atomic E-state index is 3.59. The normalized spacial score (nSPS) is 24.1. The average molecular weight is 221 g/mol. The van der Waals surface area contributed by atoms with E-state index in [1.165, 1.54) is 16.1 Å². The van der Waals surface area contributed by atoms with Crippen LogP contribution >= 0.6 is 11.8 Å². The molecular weight excluding hydrogens is 202 g/mol. The molecule has 2 atom stereocenters. The van der Waals surface area contributed by atoms with Gasteiger partial charge in [0.15, 0.2) is 0 Å². The summed E-state index contributed by atoms with van der Waals surface area (Å²) in [5.74, 6) is 1.37. The third-order valence-electron chi connectivity index (χ3n) is 3.26. The predicted molar refractivity (Wildman–Crippen MR) is 68.9 cm³/mol. The fraction of sp³-hybridized carbons (Fsp3) is 0.538. The standard InChI is InChI=1S/C13H19NS/c1-8(2)13-9(3)14-12-7-10(15-4)5-6-11(12)13/h5-9,13-14H,1-4H3. The number of benzene rings is 1. The lowest BCUT2D eigenvalue weighted by Gasteiger charge is -2.19. The Morgan fingerprint density at radius 1 is 1.33 bits per heavy atom. The zero-order valence-electron chi connectivity index (χ0n) is 9.87. The van der Waals surface area contributed by atoms with Crippen LogP contribution in [-0.4, -0.2) is 12.3 Å². The van der Waals surface area contributed by atoms with Gasteiger partial charge < -0.3 is 5.32 Å². The minimum Gasteiger partial charge on any atom is -0.382 e. The van der Waals surface area contributed by atoms with Gasteiger partial charge in [-0.25, -0.2) is 0 Å². The zero-order valence-corrected chi connectivity index (χ0v) is 10.7. The molecule has 0 saturated heterocycles. The number of anilines is 1. The van der Waals surface area contributed by atoms with Crippen molar-refractivity contribution in [2.45, 2.75) is 37.6 Å². The van der Waals surface area contributed by atoms with Crippen molar-refractivity contribution in [3.8, 4) is 0 Å². The molecule has 1 aliphatic heterocycles. The van der Waals surface area contributed by atoms with Crippen LogP contribution in [0.1, 0.15) is 32.3 Å². The number of hydrogen-bond acceptors (Lipinski definition) is 2. The molecule has 2 rings (SSSR count).